The number of ether oxygens (including phenoxy) is 1. The monoisotopic (exact) mass is 282 g/mol. The molecule has 0 heterocycles. The fourth-order valence-corrected chi connectivity index (χ4v) is 3.03. The van der Waals surface area contributed by atoms with Gasteiger partial charge >= 0.3 is 104 Å². The predicted molar refractivity (Wildman–Crippen MR) is 70.9 cm³/mol. The van der Waals surface area contributed by atoms with Gasteiger partial charge in [0.25, 0.3) is 0 Å². The van der Waals surface area contributed by atoms with E-state index in [9.17, 15) is 0 Å². The van der Waals surface area contributed by atoms with Crippen molar-refractivity contribution in [3.63, 3.8) is 0 Å². The van der Waals surface area contributed by atoms with Gasteiger partial charge in [-0.3, -0.25) is 0 Å². The molecule has 0 radical (unpaired) electrons. The third-order valence-electron chi connectivity index (χ3n) is 1.96. The average Bonchev–Trinajstić information content (AvgIpc) is 2.29. The summed E-state index contributed by atoms with van der Waals surface area (Å²) in [5, 5.41) is 0. The molecule has 1 aromatic rings. The van der Waals surface area contributed by atoms with Crippen molar-refractivity contribution in [3.05, 3.63) is 53.7 Å². The standard InChI is InChI=1S/C14H18OSe/c1-4-10-15-11-14(12(2)3)16-13-8-6-5-7-9-13/h4-9,11-12H,1,10H2,2-3H3/b14-11+. The maximum atomic E-state index is 5.41. The van der Waals surface area contributed by atoms with E-state index in [0.29, 0.717) is 27.5 Å². The minimum absolute atomic E-state index is 0.358. The van der Waals surface area contributed by atoms with Gasteiger partial charge < -0.3 is 0 Å². The van der Waals surface area contributed by atoms with Crippen molar-refractivity contribution in [3.8, 4) is 0 Å². The second kappa shape index (κ2) is 7.32. The van der Waals surface area contributed by atoms with E-state index in [1.807, 2.05) is 12.3 Å². The van der Waals surface area contributed by atoms with Crippen molar-refractivity contribution in [2.75, 3.05) is 6.61 Å². The normalized spacial score (nSPS) is 11.6. The third kappa shape index (κ3) is 4.69. The number of hydrogen-bond acceptors (Lipinski definition) is 1. The molecule has 0 aliphatic carbocycles. The van der Waals surface area contributed by atoms with Gasteiger partial charge in [0, 0.05) is 0 Å². The second-order valence-electron chi connectivity index (χ2n) is 3.71. The Balaban J connectivity index is 2.65. The van der Waals surface area contributed by atoms with Crippen molar-refractivity contribution in [2.24, 2.45) is 5.92 Å². The molecule has 0 fully saturated rings. The Morgan fingerprint density at radius 3 is 2.62 bits per heavy atom. The summed E-state index contributed by atoms with van der Waals surface area (Å²) in [6, 6.07) is 10.6. The zero-order valence-corrected chi connectivity index (χ0v) is 11.6. The van der Waals surface area contributed by atoms with Crippen LogP contribution in [-0.2, 0) is 4.74 Å². The molecule has 0 unspecified atom stereocenters. The Morgan fingerprint density at radius 1 is 1.38 bits per heavy atom. The zero-order valence-electron chi connectivity index (χ0n) is 9.85. The molecule has 16 heavy (non-hydrogen) atoms. The fourth-order valence-electron chi connectivity index (χ4n) is 1.10. The molecular formula is C14H18OSe. The van der Waals surface area contributed by atoms with Gasteiger partial charge in [-0.1, -0.05) is 0 Å². The van der Waals surface area contributed by atoms with E-state index in [2.05, 4.69) is 44.7 Å². The van der Waals surface area contributed by atoms with E-state index < -0.39 is 0 Å². The van der Waals surface area contributed by atoms with Crippen LogP contribution < -0.4 is 4.46 Å². The Hall–Kier alpha value is -0.981. The average molecular weight is 281 g/mol. The summed E-state index contributed by atoms with van der Waals surface area (Å²) in [5.74, 6) is 0.532. The molecule has 0 bridgehead atoms. The number of hydrogen-bond donors (Lipinski definition) is 0. The van der Waals surface area contributed by atoms with Crippen molar-refractivity contribution < 1.29 is 4.74 Å². The van der Waals surface area contributed by atoms with E-state index in [-0.39, 0.29) is 0 Å². The van der Waals surface area contributed by atoms with E-state index in [0.717, 1.165) is 0 Å². The van der Waals surface area contributed by atoms with Crippen LogP contribution in [0.5, 0.6) is 0 Å². The van der Waals surface area contributed by atoms with Crippen LogP contribution in [0.3, 0.4) is 0 Å². The van der Waals surface area contributed by atoms with Crippen molar-refractivity contribution >= 4 is 19.4 Å². The Labute approximate surface area is 104 Å². The van der Waals surface area contributed by atoms with Crippen molar-refractivity contribution in [2.45, 2.75) is 13.8 Å². The number of allylic oxidation sites excluding steroid dienone is 1. The van der Waals surface area contributed by atoms with Crippen LogP contribution in [0.25, 0.3) is 0 Å². The van der Waals surface area contributed by atoms with E-state index in [1.165, 1.54) is 8.93 Å². The number of benzene rings is 1. The molecule has 0 N–H and O–H groups in total. The molecule has 0 aliphatic heterocycles. The van der Waals surface area contributed by atoms with E-state index in [4.69, 9.17) is 4.74 Å². The third-order valence-corrected chi connectivity index (χ3v) is 4.71. The van der Waals surface area contributed by atoms with Gasteiger partial charge in [0.15, 0.2) is 0 Å². The van der Waals surface area contributed by atoms with Crippen LogP contribution in [-0.4, -0.2) is 21.6 Å². The molecule has 0 atom stereocenters. The molecule has 0 amide bonds. The first-order valence-corrected chi connectivity index (χ1v) is 7.10. The van der Waals surface area contributed by atoms with Crippen LogP contribution >= 0.6 is 0 Å². The SMILES string of the molecule is C=CCO/C=C(/[Se]c1ccccc1)C(C)C. The topological polar surface area (TPSA) is 9.23 Å². The van der Waals surface area contributed by atoms with Gasteiger partial charge in [-0.05, 0) is 0 Å². The predicted octanol–water partition coefficient (Wildman–Crippen LogP) is 2.72. The molecule has 1 aromatic carbocycles. The molecule has 86 valence electrons. The molecule has 0 spiro atoms. The van der Waals surface area contributed by atoms with Crippen molar-refractivity contribution in [1.29, 1.82) is 0 Å². The van der Waals surface area contributed by atoms with Gasteiger partial charge in [-0.15, -0.1) is 0 Å². The van der Waals surface area contributed by atoms with E-state index in [1.54, 1.807) is 6.08 Å². The summed E-state index contributed by atoms with van der Waals surface area (Å²) in [6.45, 7) is 8.63. The molecule has 1 rings (SSSR count). The summed E-state index contributed by atoms with van der Waals surface area (Å²) in [6.07, 6.45) is 3.67. The molecule has 2 heteroatoms. The minimum atomic E-state index is 0.358. The molecule has 0 aromatic heterocycles. The maximum absolute atomic E-state index is 5.41. The van der Waals surface area contributed by atoms with Gasteiger partial charge in [0.1, 0.15) is 0 Å². The Morgan fingerprint density at radius 2 is 2.06 bits per heavy atom. The number of rotatable bonds is 6. The summed E-state index contributed by atoms with van der Waals surface area (Å²) >= 11 is 0.358. The quantitative estimate of drug-likeness (QED) is 0.337. The van der Waals surface area contributed by atoms with Crippen molar-refractivity contribution in [1.82, 2.24) is 0 Å². The van der Waals surface area contributed by atoms with Crippen LogP contribution in [0.15, 0.2) is 53.7 Å². The summed E-state index contributed by atoms with van der Waals surface area (Å²) < 4.78 is 8.18. The van der Waals surface area contributed by atoms with Gasteiger partial charge in [0.05, 0.1) is 0 Å². The summed E-state index contributed by atoms with van der Waals surface area (Å²) in [4.78, 5) is 0. The van der Waals surface area contributed by atoms with Crippen LogP contribution in [0, 0.1) is 5.92 Å². The van der Waals surface area contributed by atoms with Crippen LogP contribution in [0.1, 0.15) is 13.8 Å². The van der Waals surface area contributed by atoms with E-state index >= 15 is 0 Å². The first-order chi connectivity index (χ1) is 7.74. The van der Waals surface area contributed by atoms with Gasteiger partial charge in [-0.25, -0.2) is 0 Å². The Bertz CT molecular complexity index is 341. The summed E-state index contributed by atoms with van der Waals surface area (Å²) in [7, 11) is 0. The zero-order chi connectivity index (χ0) is 11.8. The molecule has 0 saturated heterocycles. The van der Waals surface area contributed by atoms with Crippen LogP contribution in [0.2, 0.25) is 0 Å². The van der Waals surface area contributed by atoms with Gasteiger partial charge in [-0.2, -0.15) is 0 Å². The van der Waals surface area contributed by atoms with Crippen LogP contribution in [0.4, 0.5) is 0 Å². The summed E-state index contributed by atoms with van der Waals surface area (Å²) in [5.41, 5.74) is 0. The molecular weight excluding hydrogens is 263 g/mol. The molecule has 0 aliphatic rings. The van der Waals surface area contributed by atoms with Gasteiger partial charge in [0.2, 0.25) is 0 Å². The first-order valence-electron chi connectivity index (χ1n) is 5.39. The second-order valence-corrected chi connectivity index (χ2v) is 6.12. The molecule has 1 nitrogen and oxygen atoms in total. The molecule has 0 saturated carbocycles. The first kappa shape index (κ1) is 13.1. The fraction of sp³-hybridized carbons (Fsp3) is 0.286. The Kier molecular flexibility index (Phi) is 5.99.